The summed E-state index contributed by atoms with van der Waals surface area (Å²) in [6.45, 7) is 2.14. The van der Waals surface area contributed by atoms with Gasteiger partial charge < -0.3 is 9.47 Å². The molecule has 0 saturated heterocycles. The summed E-state index contributed by atoms with van der Waals surface area (Å²) in [6, 6.07) is 91.3. The summed E-state index contributed by atoms with van der Waals surface area (Å²) in [5, 5.41) is 30.1. The van der Waals surface area contributed by atoms with Gasteiger partial charge in [0.05, 0.1) is 22.3 Å². The molecule has 3 nitrogen and oxygen atoms in total. The van der Waals surface area contributed by atoms with Crippen molar-refractivity contribution < 1.29 is 0 Å². The minimum atomic E-state index is 0.613. The molecule has 338 valence electrons. The molecule has 15 aromatic rings. The monoisotopic (exact) mass is 925 g/mol. The zero-order valence-corrected chi connectivity index (χ0v) is 39.9. The minimum Gasteiger partial charge on any atom is -0.309 e. The van der Waals surface area contributed by atoms with Crippen molar-refractivity contribution in [3.63, 3.8) is 0 Å². The van der Waals surface area contributed by atoms with Gasteiger partial charge >= 0.3 is 0 Å². The van der Waals surface area contributed by atoms with E-state index in [1.807, 2.05) is 0 Å². The SMILES string of the molecule is Cc1ccc(-c2ccc3c(c2)c2cc4ccc5c(N(c6ccc(-c7ccccc7)cc6)c6ccc7ccc8ccccc8c7c6)c(C#N)cc6ccc(c4c65)c2n3-c2ccc3ccc4ccccc4c3c2)cc1. The Kier molecular flexibility index (Phi) is 8.94. The van der Waals surface area contributed by atoms with Gasteiger partial charge in [0.2, 0.25) is 0 Å². The van der Waals surface area contributed by atoms with E-state index in [-0.39, 0.29) is 0 Å². The number of benzene rings is 14. The van der Waals surface area contributed by atoms with Crippen molar-refractivity contribution in [3.05, 3.63) is 254 Å². The molecule has 0 fully saturated rings. The van der Waals surface area contributed by atoms with Gasteiger partial charge in [-0.05, 0) is 154 Å². The highest BCUT2D eigenvalue weighted by Crippen LogP contribution is 2.50. The smallest absolute Gasteiger partial charge is 0.101 e. The Balaban J connectivity index is 1.03. The Morgan fingerprint density at radius 3 is 1.62 bits per heavy atom. The van der Waals surface area contributed by atoms with Gasteiger partial charge in [-0.15, -0.1) is 0 Å². The van der Waals surface area contributed by atoms with E-state index in [9.17, 15) is 5.26 Å². The largest absolute Gasteiger partial charge is 0.309 e. The maximum absolute atomic E-state index is 11.3. The number of anilines is 3. The molecule has 14 aromatic carbocycles. The molecule has 1 aromatic heterocycles. The fourth-order valence-electron chi connectivity index (χ4n) is 12.1. The van der Waals surface area contributed by atoms with Crippen molar-refractivity contribution >= 4 is 114 Å². The molecule has 0 aliphatic carbocycles. The summed E-state index contributed by atoms with van der Waals surface area (Å²) in [5.41, 5.74) is 12.8. The van der Waals surface area contributed by atoms with Crippen molar-refractivity contribution in [1.82, 2.24) is 4.57 Å². The van der Waals surface area contributed by atoms with E-state index >= 15 is 0 Å². The summed E-state index contributed by atoms with van der Waals surface area (Å²) in [5.74, 6) is 0. The molecule has 0 bridgehead atoms. The van der Waals surface area contributed by atoms with Gasteiger partial charge in [-0.25, -0.2) is 0 Å². The fraction of sp³-hybridized carbons (Fsp3) is 0.0143. The zero-order chi connectivity index (χ0) is 48.3. The second-order valence-corrected chi connectivity index (χ2v) is 19.6. The van der Waals surface area contributed by atoms with Crippen LogP contribution in [0.1, 0.15) is 11.1 Å². The standard InChI is InChI=1S/C70H43N3/c1-43-15-17-46(18-16-43)51-29-36-66-64(38-51)65-39-53-28-34-60-67-52(27-35-61(68(53)67)70(65)73(66)57-33-26-50-22-20-48-12-6-8-14-59(48)63(50)41-57)37-54(42-71)69(60)72(55-30-23-45(24-31-55)44-9-3-2-4-10-44)56-32-25-49-21-19-47-11-5-7-13-58(47)62(49)40-56/h2-41H,1H3. The Bertz CT molecular complexity index is 4790. The normalized spacial score (nSPS) is 11.9. The van der Waals surface area contributed by atoms with E-state index in [2.05, 4.69) is 265 Å². The predicted octanol–water partition coefficient (Wildman–Crippen LogP) is 19.3. The van der Waals surface area contributed by atoms with Crippen LogP contribution in [0.2, 0.25) is 0 Å². The second kappa shape index (κ2) is 15.9. The average molecular weight is 926 g/mol. The number of nitrogens with zero attached hydrogens (tertiary/aromatic N) is 3. The fourth-order valence-corrected chi connectivity index (χ4v) is 12.1. The predicted molar refractivity (Wildman–Crippen MR) is 310 cm³/mol. The van der Waals surface area contributed by atoms with Crippen molar-refractivity contribution in [2.45, 2.75) is 6.92 Å². The van der Waals surface area contributed by atoms with Crippen LogP contribution >= 0.6 is 0 Å². The first kappa shape index (κ1) is 41.1. The van der Waals surface area contributed by atoms with Crippen LogP contribution in [0.3, 0.4) is 0 Å². The van der Waals surface area contributed by atoms with Gasteiger partial charge in [-0.1, -0.05) is 188 Å². The summed E-state index contributed by atoms with van der Waals surface area (Å²) in [6.07, 6.45) is 0. The Labute approximate surface area is 421 Å². The lowest BCUT2D eigenvalue weighted by Crippen LogP contribution is -2.12. The van der Waals surface area contributed by atoms with Crippen molar-refractivity contribution in [3.8, 4) is 34.0 Å². The van der Waals surface area contributed by atoms with Gasteiger partial charge in [0.1, 0.15) is 6.07 Å². The number of hydrogen-bond acceptors (Lipinski definition) is 2. The highest BCUT2D eigenvalue weighted by Gasteiger charge is 2.25. The van der Waals surface area contributed by atoms with Gasteiger partial charge in [-0.2, -0.15) is 5.26 Å². The Morgan fingerprint density at radius 1 is 0.356 bits per heavy atom. The van der Waals surface area contributed by atoms with E-state index in [4.69, 9.17) is 0 Å². The molecule has 1 heterocycles. The lowest BCUT2D eigenvalue weighted by Gasteiger charge is -2.29. The first-order valence-corrected chi connectivity index (χ1v) is 25.0. The van der Waals surface area contributed by atoms with Crippen LogP contribution < -0.4 is 4.90 Å². The molecule has 0 atom stereocenters. The van der Waals surface area contributed by atoms with E-state index in [1.165, 1.54) is 86.8 Å². The van der Waals surface area contributed by atoms with Crippen LogP contribution in [0.15, 0.2) is 243 Å². The molecule has 3 heteroatoms. The first-order valence-electron chi connectivity index (χ1n) is 25.0. The summed E-state index contributed by atoms with van der Waals surface area (Å²) in [4.78, 5) is 2.32. The highest BCUT2D eigenvalue weighted by atomic mass is 15.1. The van der Waals surface area contributed by atoms with Gasteiger partial charge in [-0.3, -0.25) is 0 Å². The zero-order valence-electron chi connectivity index (χ0n) is 39.9. The van der Waals surface area contributed by atoms with E-state index in [0.29, 0.717) is 5.56 Å². The van der Waals surface area contributed by atoms with E-state index < -0.39 is 0 Å². The third-order valence-corrected chi connectivity index (χ3v) is 15.5. The van der Waals surface area contributed by atoms with E-state index in [0.717, 1.165) is 60.9 Å². The Morgan fingerprint density at radius 2 is 0.890 bits per heavy atom. The van der Waals surface area contributed by atoms with Crippen LogP contribution in [0.25, 0.3) is 125 Å². The average Bonchev–Trinajstić information content (AvgIpc) is 3.82. The summed E-state index contributed by atoms with van der Waals surface area (Å²) >= 11 is 0. The molecule has 73 heavy (non-hydrogen) atoms. The van der Waals surface area contributed by atoms with Gasteiger partial charge in [0.15, 0.2) is 0 Å². The van der Waals surface area contributed by atoms with Gasteiger partial charge in [0.25, 0.3) is 0 Å². The molecule has 0 unspecified atom stereocenters. The third-order valence-electron chi connectivity index (χ3n) is 15.5. The van der Waals surface area contributed by atoms with Crippen LogP contribution in [0.5, 0.6) is 0 Å². The molecule has 0 N–H and O–H groups in total. The molecule has 15 rings (SSSR count). The van der Waals surface area contributed by atoms with Crippen LogP contribution in [0.4, 0.5) is 17.1 Å². The Hall–Kier alpha value is -9.75. The molecule has 0 saturated carbocycles. The van der Waals surface area contributed by atoms with Crippen LogP contribution in [0, 0.1) is 18.3 Å². The number of aryl methyl sites for hydroxylation is 1. The van der Waals surface area contributed by atoms with Crippen LogP contribution in [-0.2, 0) is 0 Å². The quantitative estimate of drug-likeness (QED) is 0.156. The number of rotatable bonds is 6. The highest BCUT2D eigenvalue weighted by molar-refractivity contribution is 6.33. The molecule has 0 aliphatic heterocycles. The minimum absolute atomic E-state index is 0.613. The molecular weight excluding hydrogens is 883 g/mol. The maximum atomic E-state index is 11.3. The number of nitriles is 1. The molecular formula is C70H43N3. The topological polar surface area (TPSA) is 32.0 Å². The molecule has 0 radical (unpaired) electrons. The lowest BCUT2D eigenvalue weighted by atomic mass is 9.89. The first-order chi connectivity index (χ1) is 36.0. The number of fused-ring (bicyclic) bond motifs is 10. The molecule has 0 spiro atoms. The molecule has 0 aliphatic rings. The van der Waals surface area contributed by atoms with Crippen LogP contribution in [-0.4, -0.2) is 4.57 Å². The number of hydrogen-bond donors (Lipinski definition) is 0. The lowest BCUT2D eigenvalue weighted by molar-refractivity contribution is 1.19. The van der Waals surface area contributed by atoms with Crippen molar-refractivity contribution in [2.24, 2.45) is 0 Å². The third kappa shape index (κ3) is 6.31. The second-order valence-electron chi connectivity index (χ2n) is 19.6. The maximum Gasteiger partial charge on any atom is 0.101 e. The van der Waals surface area contributed by atoms with Crippen molar-refractivity contribution in [1.29, 1.82) is 5.26 Å². The summed E-state index contributed by atoms with van der Waals surface area (Å²) < 4.78 is 2.50. The summed E-state index contributed by atoms with van der Waals surface area (Å²) in [7, 11) is 0. The number of aromatic nitrogens is 1. The van der Waals surface area contributed by atoms with Crippen molar-refractivity contribution in [2.75, 3.05) is 4.90 Å². The van der Waals surface area contributed by atoms with E-state index in [1.54, 1.807) is 0 Å². The van der Waals surface area contributed by atoms with Gasteiger partial charge in [0, 0.05) is 38.6 Å². The molecule has 0 amide bonds.